The maximum absolute atomic E-state index is 6.11. The highest BCUT2D eigenvalue weighted by Crippen LogP contribution is 2.29. The van der Waals surface area contributed by atoms with Crippen LogP contribution in [0.4, 0.5) is 0 Å². The number of benzene rings is 1. The minimum Gasteiger partial charge on any atom is -0.383 e. The monoisotopic (exact) mass is 315 g/mol. The fourth-order valence-electron chi connectivity index (χ4n) is 2.16. The first-order valence-electron chi connectivity index (χ1n) is 7.02. The van der Waals surface area contributed by atoms with Crippen molar-refractivity contribution in [2.75, 3.05) is 32.6 Å². The number of hydrogen-bond donors (Lipinski definition) is 1. The number of ether oxygens (including phenoxy) is 2. The van der Waals surface area contributed by atoms with Gasteiger partial charge in [0.25, 0.3) is 0 Å². The maximum Gasteiger partial charge on any atom is 0.0669 e. The number of halogens is 1. The number of hydrogen-bond acceptors (Lipinski definition) is 4. The molecule has 112 valence electrons. The van der Waals surface area contributed by atoms with E-state index >= 15 is 0 Å². The molecule has 1 aromatic rings. The lowest BCUT2D eigenvalue weighted by Crippen LogP contribution is -2.19. The Morgan fingerprint density at radius 1 is 1.50 bits per heavy atom. The zero-order valence-corrected chi connectivity index (χ0v) is 13.4. The van der Waals surface area contributed by atoms with Gasteiger partial charge in [0.1, 0.15) is 0 Å². The summed E-state index contributed by atoms with van der Waals surface area (Å²) in [5.74, 6) is 1.01. The van der Waals surface area contributed by atoms with Gasteiger partial charge in [-0.25, -0.2) is 0 Å². The van der Waals surface area contributed by atoms with Gasteiger partial charge < -0.3 is 14.8 Å². The van der Waals surface area contributed by atoms with E-state index in [1.165, 1.54) is 23.3 Å². The van der Waals surface area contributed by atoms with Crippen LogP contribution >= 0.6 is 23.4 Å². The average Bonchev–Trinajstić information content (AvgIpc) is 2.96. The molecule has 0 amide bonds. The van der Waals surface area contributed by atoms with E-state index in [0.717, 1.165) is 37.1 Å². The molecule has 1 N–H and O–H groups in total. The summed E-state index contributed by atoms with van der Waals surface area (Å²) in [5, 5.41) is 4.17. The second kappa shape index (κ2) is 8.90. The second-order valence-electron chi connectivity index (χ2n) is 4.87. The van der Waals surface area contributed by atoms with Gasteiger partial charge in [0.2, 0.25) is 0 Å². The first-order valence-corrected chi connectivity index (χ1v) is 8.38. The zero-order valence-electron chi connectivity index (χ0n) is 11.9. The molecular weight excluding hydrogens is 294 g/mol. The molecule has 1 saturated heterocycles. The second-order valence-corrected chi connectivity index (χ2v) is 6.37. The molecule has 20 heavy (non-hydrogen) atoms. The first-order chi connectivity index (χ1) is 9.79. The Labute approximate surface area is 130 Å². The summed E-state index contributed by atoms with van der Waals surface area (Å²) in [6, 6.07) is 6.10. The van der Waals surface area contributed by atoms with Crippen LogP contribution < -0.4 is 5.32 Å². The summed E-state index contributed by atoms with van der Waals surface area (Å²) in [7, 11) is 1.72. The highest BCUT2D eigenvalue weighted by Gasteiger charge is 2.16. The molecule has 0 radical (unpaired) electrons. The summed E-state index contributed by atoms with van der Waals surface area (Å²) in [6.07, 6.45) is 2.76. The lowest BCUT2D eigenvalue weighted by Gasteiger charge is -2.13. The van der Waals surface area contributed by atoms with Gasteiger partial charge in [0.15, 0.2) is 0 Å². The van der Waals surface area contributed by atoms with Crippen LogP contribution in [0.3, 0.4) is 0 Å². The van der Waals surface area contributed by atoms with E-state index in [9.17, 15) is 0 Å². The molecule has 0 aliphatic carbocycles. The molecular formula is C15H22ClNO2S. The molecule has 0 aromatic heterocycles. The molecule has 1 aliphatic rings. The molecule has 1 atom stereocenters. The van der Waals surface area contributed by atoms with Crippen LogP contribution in [0.25, 0.3) is 0 Å². The summed E-state index contributed by atoms with van der Waals surface area (Å²) < 4.78 is 10.7. The average molecular weight is 316 g/mol. The molecule has 5 heteroatoms. The Kier molecular flexibility index (Phi) is 7.17. The molecule has 1 heterocycles. The summed E-state index contributed by atoms with van der Waals surface area (Å²) in [4.78, 5) is 1.25. The van der Waals surface area contributed by atoms with Crippen LogP contribution in [-0.4, -0.2) is 38.7 Å². The van der Waals surface area contributed by atoms with Crippen LogP contribution in [0.15, 0.2) is 23.1 Å². The summed E-state index contributed by atoms with van der Waals surface area (Å²) in [6.45, 7) is 3.33. The molecule has 0 spiro atoms. The van der Waals surface area contributed by atoms with Crippen molar-refractivity contribution in [1.29, 1.82) is 0 Å². The highest BCUT2D eigenvalue weighted by molar-refractivity contribution is 7.99. The Morgan fingerprint density at radius 2 is 2.40 bits per heavy atom. The number of thioether (sulfide) groups is 1. The van der Waals surface area contributed by atoms with Crippen molar-refractivity contribution in [2.24, 2.45) is 0 Å². The van der Waals surface area contributed by atoms with Gasteiger partial charge in [-0.05, 0) is 30.5 Å². The Hall–Kier alpha value is -0.260. The summed E-state index contributed by atoms with van der Waals surface area (Å²) in [5.41, 5.74) is 1.29. The number of nitrogens with one attached hydrogen (secondary N) is 1. The van der Waals surface area contributed by atoms with E-state index in [1.807, 2.05) is 17.8 Å². The number of methoxy groups -OCH3 is 1. The quantitative estimate of drug-likeness (QED) is 0.589. The molecule has 1 aliphatic heterocycles. The molecule has 0 saturated carbocycles. The standard InChI is InChI=1S/C15H22ClNO2S/c1-18-8-6-17-10-12-4-5-13(16)9-15(12)20-11-14-3-2-7-19-14/h4-5,9,14,17H,2-3,6-8,10-11H2,1H3. The van der Waals surface area contributed by atoms with Crippen LogP contribution in [0.2, 0.25) is 5.02 Å². The van der Waals surface area contributed by atoms with Crippen LogP contribution in [0.5, 0.6) is 0 Å². The summed E-state index contributed by atoms with van der Waals surface area (Å²) >= 11 is 7.95. The molecule has 0 bridgehead atoms. The van der Waals surface area contributed by atoms with Crippen LogP contribution in [0, 0.1) is 0 Å². The minimum absolute atomic E-state index is 0.397. The van der Waals surface area contributed by atoms with Gasteiger partial charge >= 0.3 is 0 Å². The van der Waals surface area contributed by atoms with Gasteiger partial charge in [-0.2, -0.15) is 0 Å². The van der Waals surface area contributed by atoms with Crippen molar-refractivity contribution >= 4 is 23.4 Å². The Morgan fingerprint density at radius 3 is 3.15 bits per heavy atom. The fraction of sp³-hybridized carbons (Fsp3) is 0.600. The van der Waals surface area contributed by atoms with Gasteiger partial charge in [0.05, 0.1) is 12.7 Å². The lowest BCUT2D eigenvalue weighted by atomic mass is 10.2. The topological polar surface area (TPSA) is 30.5 Å². The number of rotatable bonds is 8. The normalized spacial score (nSPS) is 18.6. The van der Waals surface area contributed by atoms with Crippen molar-refractivity contribution in [3.8, 4) is 0 Å². The third-order valence-electron chi connectivity index (χ3n) is 3.28. The van der Waals surface area contributed by atoms with Crippen LogP contribution in [0.1, 0.15) is 18.4 Å². The lowest BCUT2D eigenvalue weighted by molar-refractivity contribution is 0.129. The van der Waals surface area contributed by atoms with Crippen molar-refractivity contribution < 1.29 is 9.47 Å². The Balaban J connectivity index is 1.88. The van der Waals surface area contributed by atoms with Crippen LogP contribution in [-0.2, 0) is 16.0 Å². The Bertz CT molecular complexity index is 411. The third kappa shape index (κ3) is 5.26. The largest absolute Gasteiger partial charge is 0.383 e. The van der Waals surface area contributed by atoms with Crippen molar-refractivity contribution in [3.63, 3.8) is 0 Å². The van der Waals surface area contributed by atoms with Gasteiger partial charge in [0, 0.05) is 42.5 Å². The van der Waals surface area contributed by atoms with E-state index in [0.29, 0.717) is 6.10 Å². The molecule has 1 aromatic carbocycles. The first kappa shape index (κ1) is 16.1. The van der Waals surface area contributed by atoms with Crippen molar-refractivity contribution in [1.82, 2.24) is 5.32 Å². The molecule has 2 rings (SSSR count). The third-order valence-corrected chi connectivity index (χ3v) is 4.74. The predicted molar refractivity (Wildman–Crippen MR) is 84.7 cm³/mol. The van der Waals surface area contributed by atoms with Crippen molar-refractivity contribution in [2.45, 2.75) is 30.4 Å². The molecule has 1 unspecified atom stereocenters. The minimum atomic E-state index is 0.397. The van der Waals surface area contributed by atoms with E-state index in [4.69, 9.17) is 21.1 Å². The predicted octanol–water partition coefficient (Wildman–Crippen LogP) is 3.35. The fourth-order valence-corrected chi connectivity index (χ4v) is 3.57. The van der Waals surface area contributed by atoms with Gasteiger partial charge in [-0.3, -0.25) is 0 Å². The molecule has 1 fully saturated rings. The van der Waals surface area contributed by atoms with Gasteiger partial charge in [-0.15, -0.1) is 11.8 Å². The maximum atomic E-state index is 6.11. The van der Waals surface area contributed by atoms with E-state index < -0.39 is 0 Å². The highest BCUT2D eigenvalue weighted by atomic mass is 35.5. The van der Waals surface area contributed by atoms with E-state index in [-0.39, 0.29) is 0 Å². The molecule has 3 nitrogen and oxygen atoms in total. The van der Waals surface area contributed by atoms with E-state index in [2.05, 4.69) is 17.4 Å². The van der Waals surface area contributed by atoms with Crippen molar-refractivity contribution in [3.05, 3.63) is 28.8 Å². The van der Waals surface area contributed by atoms with Gasteiger partial charge in [-0.1, -0.05) is 17.7 Å². The smallest absolute Gasteiger partial charge is 0.0669 e. The van der Waals surface area contributed by atoms with E-state index in [1.54, 1.807) is 7.11 Å². The zero-order chi connectivity index (χ0) is 14.2. The SMILES string of the molecule is COCCNCc1ccc(Cl)cc1SCC1CCCO1.